The van der Waals surface area contributed by atoms with Gasteiger partial charge in [0.25, 0.3) is 0 Å². The third-order valence-corrected chi connectivity index (χ3v) is 4.03. The SMILES string of the molecule is CC(Cc1ccc(O)cc1)(NCc1cccc(Br)c1)C(=O)O. The first-order valence-corrected chi connectivity index (χ1v) is 7.69. The van der Waals surface area contributed by atoms with Crippen molar-refractivity contribution in [1.82, 2.24) is 5.32 Å². The van der Waals surface area contributed by atoms with Gasteiger partial charge in [-0.15, -0.1) is 0 Å². The molecular weight excluding hydrogens is 346 g/mol. The van der Waals surface area contributed by atoms with Crippen molar-refractivity contribution in [3.05, 3.63) is 64.1 Å². The van der Waals surface area contributed by atoms with Crippen molar-refractivity contribution in [1.29, 1.82) is 0 Å². The van der Waals surface area contributed by atoms with Gasteiger partial charge in [0, 0.05) is 17.4 Å². The lowest BCUT2D eigenvalue weighted by Gasteiger charge is -2.26. The summed E-state index contributed by atoms with van der Waals surface area (Å²) in [5, 5.41) is 22.0. The largest absolute Gasteiger partial charge is 0.508 e. The van der Waals surface area contributed by atoms with Crippen molar-refractivity contribution < 1.29 is 15.0 Å². The topological polar surface area (TPSA) is 69.6 Å². The Labute approximate surface area is 137 Å². The summed E-state index contributed by atoms with van der Waals surface area (Å²) in [6.45, 7) is 2.13. The molecule has 2 aromatic rings. The lowest BCUT2D eigenvalue weighted by atomic mass is 9.92. The second kappa shape index (κ2) is 6.94. The van der Waals surface area contributed by atoms with Gasteiger partial charge in [0.15, 0.2) is 0 Å². The van der Waals surface area contributed by atoms with Crippen LogP contribution in [0, 0.1) is 0 Å². The minimum atomic E-state index is -1.08. The van der Waals surface area contributed by atoms with Crippen molar-refractivity contribution in [3.8, 4) is 5.75 Å². The van der Waals surface area contributed by atoms with Gasteiger partial charge in [0.05, 0.1) is 0 Å². The van der Waals surface area contributed by atoms with Crippen LogP contribution in [0.1, 0.15) is 18.1 Å². The van der Waals surface area contributed by atoms with Gasteiger partial charge in [0.1, 0.15) is 11.3 Å². The lowest BCUT2D eigenvalue weighted by Crippen LogP contribution is -2.50. The third kappa shape index (κ3) is 4.32. The first kappa shape index (κ1) is 16.5. The van der Waals surface area contributed by atoms with Gasteiger partial charge in [-0.3, -0.25) is 10.1 Å². The van der Waals surface area contributed by atoms with Crippen molar-refractivity contribution in [2.24, 2.45) is 0 Å². The van der Waals surface area contributed by atoms with E-state index in [0.717, 1.165) is 15.6 Å². The van der Waals surface area contributed by atoms with E-state index in [1.807, 2.05) is 24.3 Å². The summed E-state index contributed by atoms with van der Waals surface area (Å²) >= 11 is 3.40. The smallest absolute Gasteiger partial charge is 0.323 e. The summed E-state index contributed by atoms with van der Waals surface area (Å²) in [4.78, 5) is 11.7. The van der Waals surface area contributed by atoms with Gasteiger partial charge in [-0.25, -0.2) is 0 Å². The number of aromatic hydroxyl groups is 1. The van der Waals surface area contributed by atoms with E-state index in [4.69, 9.17) is 0 Å². The molecule has 3 N–H and O–H groups in total. The molecule has 1 atom stereocenters. The van der Waals surface area contributed by atoms with Crippen LogP contribution >= 0.6 is 15.9 Å². The Hall–Kier alpha value is -1.85. The van der Waals surface area contributed by atoms with Gasteiger partial charge >= 0.3 is 5.97 Å². The van der Waals surface area contributed by atoms with E-state index in [0.29, 0.717) is 13.0 Å². The number of phenols is 1. The van der Waals surface area contributed by atoms with Crippen molar-refractivity contribution >= 4 is 21.9 Å². The maximum Gasteiger partial charge on any atom is 0.323 e. The zero-order chi connectivity index (χ0) is 16.2. The molecule has 116 valence electrons. The van der Waals surface area contributed by atoms with Crippen LogP contribution in [0.15, 0.2) is 53.0 Å². The van der Waals surface area contributed by atoms with Crippen LogP contribution in [-0.2, 0) is 17.8 Å². The van der Waals surface area contributed by atoms with Gasteiger partial charge < -0.3 is 10.2 Å². The maximum absolute atomic E-state index is 11.7. The summed E-state index contributed by atoms with van der Waals surface area (Å²) in [5.41, 5.74) is 0.774. The molecule has 0 saturated carbocycles. The molecule has 1 unspecified atom stereocenters. The number of hydrogen-bond acceptors (Lipinski definition) is 3. The summed E-state index contributed by atoms with van der Waals surface area (Å²) in [5.74, 6) is -0.738. The fourth-order valence-corrected chi connectivity index (χ4v) is 2.63. The Morgan fingerprint density at radius 3 is 2.45 bits per heavy atom. The Kier molecular flexibility index (Phi) is 5.21. The summed E-state index contributed by atoms with van der Waals surface area (Å²) in [7, 11) is 0. The van der Waals surface area contributed by atoms with Crippen molar-refractivity contribution in [3.63, 3.8) is 0 Å². The van der Waals surface area contributed by atoms with Crippen LogP contribution < -0.4 is 5.32 Å². The average molecular weight is 364 g/mol. The highest BCUT2D eigenvalue weighted by Crippen LogP contribution is 2.18. The van der Waals surface area contributed by atoms with E-state index < -0.39 is 11.5 Å². The van der Waals surface area contributed by atoms with E-state index in [9.17, 15) is 15.0 Å². The predicted octanol–water partition coefficient (Wildman–Crippen LogP) is 3.33. The minimum Gasteiger partial charge on any atom is -0.508 e. The predicted molar refractivity (Wildman–Crippen MR) is 88.8 cm³/mol. The molecule has 0 heterocycles. The number of benzene rings is 2. The van der Waals surface area contributed by atoms with Gasteiger partial charge in [-0.1, -0.05) is 40.2 Å². The van der Waals surface area contributed by atoms with Gasteiger partial charge in [-0.05, 0) is 42.3 Å². The van der Waals surface area contributed by atoms with Crippen LogP contribution in [0.25, 0.3) is 0 Å². The number of halogens is 1. The molecule has 4 nitrogen and oxygen atoms in total. The van der Waals surface area contributed by atoms with Crippen LogP contribution in [0.5, 0.6) is 5.75 Å². The Balaban J connectivity index is 2.10. The molecule has 2 aromatic carbocycles. The fraction of sp³-hybridized carbons (Fsp3) is 0.235. The number of carboxylic acid groups (broad SMARTS) is 1. The molecule has 0 aromatic heterocycles. The Bertz CT molecular complexity index is 657. The molecule has 0 bridgehead atoms. The number of carboxylic acids is 1. The molecule has 0 amide bonds. The molecule has 0 aliphatic carbocycles. The fourth-order valence-electron chi connectivity index (χ4n) is 2.18. The molecule has 2 rings (SSSR count). The number of carbonyl (C=O) groups is 1. The normalized spacial score (nSPS) is 13.5. The molecule has 0 aliphatic heterocycles. The quantitative estimate of drug-likeness (QED) is 0.736. The lowest BCUT2D eigenvalue weighted by molar-refractivity contribution is -0.144. The molecule has 5 heteroatoms. The first-order valence-electron chi connectivity index (χ1n) is 6.90. The highest BCUT2D eigenvalue weighted by atomic mass is 79.9. The summed E-state index contributed by atoms with van der Waals surface area (Å²) in [6.07, 6.45) is 0.330. The number of phenolic OH excluding ortho intramolecular Hbond substituents is 1. The molecule has 0 spiro atoms. The van der Waals surface area contributed by atoms with E-state index in [-0.39, 0.29) is 5.75 Å². The third-order valence-electron chi connectivity index (χ3n) is 3.54. The van der Waals surface area contributed by atoms with Gasteiger partial charge in [0.2, 0.25) is 0 Å². The highest BCUT2D eigenvalue weighted by Gasteiger charge is 2.32. The summed E-state index contributed by atoms with van der Waals surface area (Å²) < 4.78 is 0.961. The maximum atomic E-state index is 11.7. The zero-order valence-corrected chi connectivity index (χ0v) is 13.8. The number of aliphatic carboxylic acids is 1. The minimum absolute atomic E-state index is 0.169. The van der Waals surface area contributed by atoms with Crippen LogP contribution in [0.3, 0.4) is 0 Å². The van der Waals surface area contributed by atoms with E-state index in [2.05, 4.69) is 21.2 Å². The highest BCUT2D eigenvalue weighted by molar-refractivity contribution is 9.10. The number of nitrogens with one attached hydrogen (secondary N) is 1. The number of hydrogen-bond donors (Lipinski definition) is 3. The summed E-state index contributed by atoms with van der Waals surface area (Å²) in [6, 6.07) is 14.3. The molecule has 0 radical (unpaired) electrons. The van der Waals surface area contributed by atoms with Gasteiger partial charge in [-0.2, -0.15) is 0 Å². The van der Waals surface area contributed by atoms with Crippen LogP contribution in [0.2, 0.25) is 0 Å². The molecular formula is C17H18BrNO3. The first-order chi connectivity index (χ1) is 10.4. The van der Waals surface area contributed by atoms with E-state index >= 15 is 0 Å². The molecule has 0 aliphatic rings. The Morgan fingerprint density at radius 1 is 1.18 bits per heavy atom. The standard InChI is InChI=1S/C17H18BrNO3/c1-17(16(21)22,10-12-5-7-15(20)8-6-12)19-11-13-3-2-4-14(18)9-13/h2-9,19-20H,10-11H2,1H3,(H,21,22). The molecule has 0 fully saturated rings. The van der Waals surface area contributed by atoms with Crippen LogP contribution in [0.4, 0.5) is 0 Å². The second-order valence-electron chi connectivity index (χ2n) is 5.46. The zero-order valence-electron chi connectivity index (χ0n) is 12.2. The number of rotatable bonds is 6. The Morgan fingerprint density at radius 2 is 1.86 bits per heavy atom. The molecule has 22 heavy (non-hydrogen) atoms. The average Bonchev–Trinajstić information content (AvgIpc) is 2.48. The monoisotopic (exact) mass is 363 g/mol. The second-order valence-corrected chi connectivity index (χ2v) is 6.38. The molecule has 0 saturated heterocycles. The van der Waals surface area contributed by atoms with Crippen molar-refractivity contribution in [2.75, 3.05) is 0 Å². The van der Waals surface area contributed by atoms with Crippen molar-refractivity contribution in [2.45, 2.75) is 25.4 Å². The van der Waals surface area contributed by atoms with E-state index in [1.54, 1.807) is 31.2 Å². The van der Waals surface area contributed by atoms with Crippen LogP contribution in [-0.4, -0.2) is 21.7 Å². The van der Waals surface area contributed by atoms with E-state index in [1.165, 1.54) is 0 Å².